The summed E-state index contributed by atoms with van der Waals surface area (Å²) in [5.41, 5.74) is -0.364. The van der Waals surface area contributed by atoms with Gasteiger partial charge in [-0.15, -0.1) is 0 Å². The van der Waals surface area contributed by atoms with Crippen LogP contribution in [0.2, 0.25) is 0 Å². The molecule has 0 saturated carbocycles. The Balaban J connectivity index is 1.74. The summed E-state index contributed by atoms with van der Waals surface area (Å²) < 4.78 is 9.11. The van der Waals surface area contributed by atoms with Crippen LogP contribution in [0.15, 0.2) is 62.6 Å². The van der Waals surface area contributed by atoms with E-state index in [1.807, 2.05) is 24.3 Å². The van der Waals surface area contributed by atoms with Crippen molar-refractivity contribution in [1.29, 1.82) is 0 Å². The number of aromatic nitrogens is 2. The summed E-state index contributed by atoms with van der Waals surface area (Å²) in [6, 6.07) is 14.3. The number of hydrogen-bond acceptors (Lipinski definition) is 4. The molecule has 3 rings (SSSR count). The van der Waals surface area contributed by atoms with Crippen LogP contribution in [-0.4, -0.2) is 40.1 Å². The highest BCUT2D eigenvalue weighted by Gasteiger charge is 2.16. The molecule has 0 radical (unpaired) electrons. The van der Waals surface area contributed by atoms with Crippen molar-refractivity contribution in [2.75, 3.05) is 20.2 Å². The van der Waals surface area contributed by atoms with Crippen molar-refractivity contribution in [2.45, 2.75) is 20.0 Å². The average Bonchev–Trinajstić information content (AvgIpc) is 2.72. The Morgan fingerprint density at radius 3 is 2.45 bits per heavy atom. The number of amides is 1. The van der Waals surface area contributed by atoms with E-state index in [-0.39, 0.29) is 24.6 Å². The zero-order valence-corrected chi connectivity index (χ0v) is 17.9. The summed E-state index contributed by atoms with van der Waals surface area (Å²) in [6.07, 6.45) is 0. The van der Waals surface area contributed by atoms with Crippen LogP contribution in [0.5, 0.6) is 5.75 Å². The maximum absolute atomic E-state index is 12.7. The van der Waals surface area contributed by atoms with Crippen molar-refractivity contribution in [1.82, 2.24) is 14.0 Å². The van der Waals surface area contributed by atoms with Gasteiger partial charge in [-0.1, -0.05) is 28.1 Å². The third-order valence-corrected chi connectivity index (χ3v) is 5.21. The molecule has 0 aliphatic carbocycles. The number of fused-ring (bicyclic) bond motifs is 1. The van der Waals surface area contributed by atoms with Crippen molar-refractivity contribution >= 4 is 32.7 Å². The van der Waals surface area contributed by atoms with Gasteiger partial charge in [-0.05, 0) is 43.3 Å². The second-order valence-electron chi connectivity index (χ2n) is 6.55. The maximum Gasteiger partial charge on any atom is 0.331 e. The lowest BCUT2D eigenvalue weighted by Crippen LogP contribution is -2.43. The predicted molar refractivity (Wildman–Crippen MR) is 115 cm³/mol. The molecule has 1 amide bonds. The van der Waals surface area contributed by atoms with Gasteiger partial charge in [0.15, 0.2) is 0 Å². The zero-order valence-electron chi connectivity index (χ0n) is 16.3. The number of para-hydroxylation sites is 1. The SMILES string of the molecule is CCn1c(=O)c2ccccc2n(CC(=O)N(C)CCOc2ccc(Br)cc2)c1=O. The molecule has 7 nitrogen and oxygen atoms in total. The van der Waals surface area contributed by atoms with Crippen LogP contribution < -0.4 is 16.0 Å². The highest BCUT2D eigenvalue weighted by atomic mass is 79.9. The van der Waals surface area contributed by atoms with E-state index < -0.39 is 5.69 Å². The van der Waals surface area contributed by atoms with Gasteiger partial charge in [0.25, 0.3) is 5.56 Å². The minimum atomic E-state index is -0.482. The Labute approximate surface area is 176 Å². The molecule has 0 unspecified atom stereocenters. The number of carbonyl (C=O) groups is 1. The van der Waals surface area contributed by atoms with Crippen molar-refractivity contribution in [3.05, 3.63) is 73.8 Å². The molecule has 8 heteroatoms. The predicted octanol–water partition coefficient (Wildman–Crippen LogP) is 2.48. The molecule has 1 aromatic heterocycles. The molecular weight excluding hydrogens is 438 g/mol. The quantitative estimate of drug-likeness (QED) is 0.543. The first-order valence-electron chi connectivity index (χ1n) is 9.27. The van der Waals surface area contributed by atoms with Crippen molar-refractivity contribution < 1.29 is 9.53 Å². The number of carbonyl (C=O) groups excluding carboxylic acids is 1. The number of nitrogens with zero attached hydrogens (tertiary/aromatic N) is 3. The summed E-state index contributed by atoms with van der Waals surface area (Å²) in [4.78, 5) is 39.4. The molecule has 0 spiro atoms. The Hall–Kier alpha value is -2.87. The van der Waals surface area contributed by atoms with Gasteiger partial charge >= 0.3 is 5.69 Å². The summed E-state index contributed by atoms with van der Waals surface area (Å²) in [7, 11) is 1.66. The average molecular weight is 460 g/mol. The molecule has 0 saturated heterocycles. The molecule has 0 N–H and O–H groups in total. The van der Waals surface area contributed by atoms with Gasteiger partial charge < -0.3 is 9.64 Å². The van der Waals surface area contributed by atoms with Crippen LogP contribution in [0.4, 0.5) is 0 Å². The molecule has 2 aromatic carbocycles. The van der Waals surface area contributed by atoms with Crippen LogP contribution in [0.1, 0.15) is 6.92 Å². The maximum atomic E-state index is 12.7. The Bertz CT molecular complexity index is 1140. The van der Waals surface area contributed by atoms with E-state index in [0.29, 0.717) is 29.8 Å². The first-order chi connectivity index (χ1) is 13.9. The molecule has 0 bridgehead atoms. The highest BCUT2D eigenvalue weighted by Crippen LogP contribution is 2.16. The lowest BCUT2D eigenvalue weighted by atomic mass is 10.2. The number of benzene rings is 2. The molecule has 0 aliphatic rings. The van der Waals surface area contributed by atoms with Crippen molar-refractivity contribution in [2.24, 2.45) is 0 Å². The first kappa shape index (κ1) is 20.9. The minimum Gasteiger partial charge on any atom is -0.492 e. The fraction of sp³-hybridized carbons (Fsp3) is 0.286. The summed E-state index contributed by atoms with van der Waals surface area (Å²) in [5.74, 6) is 0.476. The molecule has 152 valence electrons. The van der Waals surface area contributed by atoms with E-state index in [4.69, 9.17) is 4.74 Å². The van der Waals surface area contributed by atoms with Gasteiger partial charge in [0.05, 0.1) is 17.4 Å². The molecule has 3 aromatic rings. The fourth-order valence-electron chi connectivity index (χ4n) is 3.01. The third kappa shape index (κ3) is 4.59. The van der Waals surface area contributed by atoms with Crippen LogP contribution in [0.3, 0.4) is 0 Å². The Kier molecular flexibility index (Phi) is 6.53. The van der Waals surface area contributed by atoms with Crippen molar-refractivity contribution in [3.63, 3.8) is 0 Å². The largest absolute Gasteiger partial charge is 0.492 e. The second kappa shape index (κ2) is 9.09. The van der Waals surface area contributed by atoms with Gasteiger partial charge in [-0.25, -0.2) is 4.79 Å². The van der Waals surface area contributed by atoms with Gasteiger partial charge in [0, 0.05) is 18.1 Å². The topological polar surface area (TPSA) is 73.5 Å². The van der Waals surface area contributed by atoms with Gasteiger partial charge in [0.1, 0.15) is 18.9 Å². The standard InChI is InChI=1S/C21H22BrN3O4/c1-3-24-20(27)17-6-4-5-7-18(17)25(21(24)28)14-19(26)23(2)12-13-29-16-10-8-15(22)9-11-16/h4-11H,3,12-14H2,1-2H3. The monoisotopic (exact) mass is 459 g/mol. The number of likely N-dealkylation sites (N-methyl/N-ethyl adjacent to an activating group) is 1. The van der Waals surface area contributed by atoms with Gasteiger partial charge in [0.2, 0.25) is 5.91 Å². The molecule has 1 heterocycles. The van der Waals surface area contributed by atoms with E-state index in [1.54, 1.807) is 38.2 Å². The van der Waals surface area contributed by atoms with Gasteiger partial charge in [-0.2, -0.15) is 0 Å². The number of ether oxygens (including phenoxy) is 1. The van der Waals surface area contributed by atoms with Crippen LogP contribution in [0, 0.1) is 0 Å². The Morgan fingerprint density at radius 1 is 1.07 bits per heavy atom. The van der Waals surface area contributed by atoms with E-state index in [9.17, 15) is 14.4 Å². The molecular formula is C21H22BrN3O4. The van der Waals surface area contributed by atoms with Crippen LogP contribution in [-0.2, 0) is 17.9 Å². The van der Waals surface area contributed by atoms with E-state index in [2.05, 4.69) is 15.9 Å². The minimum absolute atomic E-state index is 0.144. The van der Waals surface area contributed by atoms with Crippen molar-refractivity contribution in [3.8, 4) is 5.75 Å². The lowest BCUT2D eigenvalue weighted by Gasteiger charge is -2.19. The summed E-state index contributed by atoms with van der Waals surface area (Å²) in [6.45, 7) is 2.53. The molecule has 0 fully saturated rings. The van der Waals surface area contributed by atoms with E-state index >= 15 is 0 Å². The number of halogens is 1. The molecule has 29 heavy (non-hydrogen) atoms. The second-order valence-corrected chi connectivity index (χ2v) is 7.47. The first-order valence-corrected chi connectivity index (χ1v) is 10.1. The third-order valence-electron chi connectivity index (χ3n) is 4.68. The van der Waals surface area contributed by atoms with E-state index in [1.165, 1.54) is 9.47 Å². The normalized spacial score (nSPS) is 10.9. The fourth-order valence-corrected chi connectivity index (χ4v) is 3.28. The van der Waals surface area contributed by atoms with Gasteiger partial charge in [-0.3, -0.25) is 18.7 Å². The van der Waals surface area contributed by atoms with Crippen LogP contribution >= 0.6 is 15.9 Å². The van der Waals surface area contributed by atoms with Crippen LogP contribution in [0.25, 0.3) is 10.9 Å². The van der Waals surface area contributed by atoms with E-state index in [0.717, 1.165) is 9.04 Å². The Morgan fingerprint density at radius 2 is 1.76 bits per heavy atom. The lowest BCUT2D eigenvalue weighted by molar-refractivity contribution is -0.130. The highest BCUT2D eigenvalue weighted by molar-refractivity contribution is 9.10. The number of rotatable bonds is 7. The molecule has 0 atom stereocenters. The zero-order chi connectivity index (χ0) is 21.0. The number of hydrogen-bond donors (Lipinski definition) is 0. The summed E-state index contributed by atoms with van der Waals surface area (Å²) >= 11 is 3.37. The summed E-state index contributed by atoms with van der Waals surface area (Å²) in [5, 5.41) is 0.419. The smallest absolute Gasteiger partial charge is 0.331 e. The molecule has 0 aliphatic heterocycles.